The molecule has 0 heterocycles. The predicted octanol–water partition coefficient (Wildman–Crippen LogP) is 2.51. The van der Waals surface area contributed by atoms with Gasteiger partial charge in [0.15, 0.2) is 0 Å². The van der Waals surface area contributed by atoms with Gasteiger partial charge in [0.05, 0.1) is 17.7 Å². The van der Waals surface area contributed by atoms with Gasteiger partial charge < -0.3 is 9.45 Å². The molecule has 0 radical (unpaired) electrons. The molecule has 0 aromatic heterocycles. The highest BCUT2D eigenvalue weighted by Crippen LogP contribution is 2.20. The number of nitrogens with one attached hydrogen (secondary N) is 1. The van der Waals surface area contributed by atoms with Gasteiger partial charge in [-0.05, 0) is 42.0 Å². The van der Waals surface area contributed by atoms with Gasteiger partial charge in [-0.2, -0.15) is 0 Å². The van der Waals surface area contributed by atoms with E-state index in [0.717, 1.165) is 11.3 Å². The summed E-state index contributed by atoms with van der Waals surface area (Å²) in [7, 11) is -3.50. The smallest absolute Gasteiger partial charge is 0.240 e. The molecule has 1 unspecified atom stereocenters. The van der Waals surface area contributed by atoms with Crippen LogP contribution in [0.3, 0.4) is 0 Å². The van der Waals surface area contributed by atoms with Gasteiger partial charge in [0, 0.05) is 18.8 Å². The van der Waals surface area contributed by atoms with Gasteiger partial charge in [0.1, 0.15) is 11.6 Å². The van der Waals surface area contributed by atoms with Crippen molar-refractivity contribution in [3.63, 3.8) is 0 Å². The second-order valence-corrected chi connectivity index (χ2v) is 9.14. The van der Waals surface area contributed by atoms with Crippen molar-refractivity contribution < 1.29 is 17.4 Å². The molecule has 26 heavy (non-hydrogen) atoms. The Kier molecular flexibility index (Phi) is 7.45. The van der Waals surface area contributed by atoms with E-state index >= 15 is 0 Å². The van der Waals surface area contributed by atoms with Gasteiger partial charge in [-0.1, -0.05) is 30.2 Å². The molecule has 0 bridgehead atoms. The minimum absolute atomic E-state index is 0.198. The van der Waals surface area contributed by atoms with Crippen molar-refractivity contribution in [2.45, 2.75) is 18.4 Å². The van der Waals surface area contributed by atoms with E-state index in [1.807, 2.05) is 4.90 Å². The number of halogens is 1. The Morgan fingerprint density at radius 2 is 1.73 bits per heavy atom. The van der Waals surface area contributed by atoms with E-state index in [2.05, 4.69) is 4.72 Å². The fourth-order valence-electron chi connectivity index (χ4n) is 2.46. The second-order valence-electron chi connectivity index (χ2n) is 5.82. The molecule has 0 fully saturated rings. The molecular formula is C18H23FN2O3S2. The lowest BCUT2D eigenvalue weighted by molar-refractivity contribution is 0.584. The van der Waals surface area contributed by atoms with Crippen LogP contribution in [0.5, 0.6) is 0 Å². The summed E-state index contributed by atoms with van der Waals surface area (Å²) in [6, 6.07) is 12.8. The summed E-state index contributed by atoms with van der Waals surface area (Å²) < 4.78 is 51.1. The Morgan fingerprint density at radius 1 is 1.12 bits per heavy atom. The molecule has 2 rings (SSSR count). The third-order valence-corrected chi connectivity index (χ3v) is 6.10. The number of hydrogen-bond donors (Lipinski definition) is 1. The Hall–Kier alpha value is -1.61. The first-order chi connectivity index (χ1) is 12.3. The van der Waals surface area contributed by atoms with Crippen molar-refractivity contribution in [2.75, 3.05) is 30.0 Å². The summed E-state index contributed by atoms with van der Waals surface area (Å²) in [5.41, 5.74) is 1.73. The first kappa shape index (κ1) is 20.7. The van der Waals surface area contributed by atoms with Gasteiger partial charge >= 0.3 is 0 Å². The molecule has 1 atom stereocenters. The van der Waals surface area contributed by atoms with Gasteiger partial charge in [0.25, 0.3) is 0 Å². The van der Waals surface area contributed by atoms with Crippen molar-refractivity contribution in [3.05, 3.63) is 59.9 Å². The normalized spacial score (nSPS) is 12.8. The Balaban J connectivity index is 2.22. The number of sulfonamides is 1. The van der Waals surface area contributed by atoms with Crippen LogP contribution in [0.4, 0.5) is 10.1 Å². The summed E-state index contributed by atoms with van der Waals surface area (Å²) >= 11 is -0.950. The van der Waals surface area contributed by atoms with Crippen LogP contribution >= 0.6 is 0 Å². The Bertz CT molecular complexity index is 794. The highest BCUT2D eigenvalue weighted by molar-refractivity contribution is 7.90. The molecule has 0 aliphatic rings. The summed E-state index contributed by atoms with van der Waals surface area (Å²) in [6.07, 6.45) is 1.64. The first-order valence-corrected chi connectivity index (χ1v) is 11.4. The summed E-state index contributed by atoms with van der Waals surface area (Å²) in [6.45, 7) is 3.10. The zero-order chi connectivity index (χ0) is 19.2. The number of hydrogen-bond acceptors (Lipinski definition) is 4. The fourth-order valence-corrected chi connectivity index (χ4v) is 3.98. The third-order valence-electron chi connectivity index (χ3n) is 3.78. The maximum absolute atomic E-state index is 13.1. The monoisotopic (exact) mass is 398 g/mol. The molecule has 5 nitrogen and oxygen atoms in total. The van der Waals surface area contributed by atoms with E-state index in [0.29, 0.717) is 25.4 Å². The van der Waals surface area contributed by atoms with Crippen molar-refractivity contribution in [2.24, 2.45) is 0 Å². The molecule has 142 valence electrons. The predicted molar refractivity (Wildman–Crippen MR) is 104 cm³/mol. The number of nitrogens with zero attached hydrogens (tertiary/aromatic N) is 1. The Morgan fingerprint density at radius 3 is 2.27 bits per heavy atom. The van der Waals surface area contributed by atoms with Crippen molar-refractivity contribution in [1.29, 1.82) is 0 Å². The van der Waals surface area contributed by atoms with E-state index in [9.17, 15) is 17.4 Å². The van der Waals surface area contributed by atoms with Gasteiger partial charge in [0.2, 0.25) is 10.0 Å². The van der Waals surface area contributed by atoms with E-state index in [-0.39, 0.29) is 10.7 Å². The van der Waals surface area contributed by atoms with Crippen LogP contribution in [0.25, 0.3) is 0 Å². The molecule has 0 spiro atoms. The van der Waals surface area contributed by atoms with Crippen LogP contribution < -0.4 is 9.62 Å². The molecule has 0 aliphatic heterocycles. The topological polar surface area (TPSA) is 72.5 Å². The van der Waals surface area contributed by atoms with Crippen LogP contribution in [0.15, 0.2) is 53.4 Å². The molecule has 0 amide bonds. The van der Waals surface area contributed by atoms with Gasteiger partial charge in [-0.3, -0.25) is 0 Å². The molecule has 1 N–H and O–H groups in total. The first-order valence-electron chi connectivity index (χ1n) is 8.21. The molecule has 0 saturated carbocycles. The molecular weight excluding hydrogens is 375 g/mol. The summed E-state index contributed by atoms with van der Waals surface area (Å²) in [5.74, 6) is 0.187. The zero-order valence-corrected chi connectivity index (χ0v) is 16.4. The standard InChI is InChI=1S/C18H23FN2O3S2/c1-3-20-26(23,24)18-10-8-17(9-11-18)21(12-13-25(2)22)14-15-4-6-16(19)7-5-15/h4-11,20H,3,12-14H2,1-2H3. The van der Waals surface area contributed by atoms with Crippen molar-refractivity contribution in [1.82, 2.24) is 4.72 Å². The maximum atomic E-state index is 13.1. The Labute approximate surface area is 157 Å². The van der Waals surface area contributed by atoms with Gasteiger partial charge in [-0.15, -0.1) is 0 Å². The molecule has 8 heteroatoms. The largest absolute Gasteiger partial charge is 0.617 e. The summed E-state index contributed by atoms with van der Waals surface area (Å²) in [4.78, 5) is 2.20. The molecule has 0 aliphatic carbocycles. The maximum Gasteiger partial charge on any atom is 0.240 e. The SMILES string of the molecule is CCNS(=O)(=O)c1ccc(N(CC[S+](C)[O-])Cc2ccc(F)cc2)cc1. The van der Waals surface area contributed by atoms with E-state index < -0.39 is 21.2 Å². The quantitative estimate of drug-likeness (QED) is 0.659. The minimum atomic E-state index is -3.50. The number of rotatable bonds is 9. The van der Waals surface area contributed by atoms with Gasteiger partial charge in [-0.25, -0.2) is 17.5 Å². The molecule has 2 aromatic carbocycles. The second kappa shape index (κ2) is 9.36. The highest BCUT2D eigenvalue weighted by atomic mass is 32.2. The van der Waals surface area contributed by atoms with Crippen LogP contribution in [0.1, 0.15) is 12.5 Å². The average Bonchev–Trinajstić information content (AvgIpc) is 2.60. The van der Waals surface area contributed by atoms with E-state index in [4.69, 9.17) is 0 Å². The molecule has 0 saturated heterocycles. The van der Waals surface area contributed by atoms with Crippen LogP contribution in [-0.2, 0) is 27.7 Å². The van der Waals surface area contributed by atoms with Crippen molar-refractivity contribution in [3.8, 4) is 0 Å². The van der Waals surface area contributed by atoms with Crippen molar-refractivity contribution >= 4 is 26.9 Å². The molecule has 2 aromatic rings. The zero-order valence-electron chi connectivity index (χ0n) is 14.8. The average molecular weight is 399 g/mol. The van der Waals surface area contributed by atoms with Crippen LogP contribution in [0, 0.1) is 5.82 Å². The van der Waals surface area contributed by atoms with E-state index in [1.54, 1.807) is 49.6 Å². The lowest BCUT2D eigenvalue weighted by atomic mass is 10.2. The van der Waals surface area contributed by atoms with Crippen LogP contribution in [-0.4, -0.2) is 38.1 Å². The minimum Gasteiger partial charge on any atom is -0.617 e. The lowest BCUT2D eigenvalue weighted by Crippen LogP contribution is -2.29. The fraction of sp³-hybridized carbons (Fsp3) is 0.333. The third kappa shape index (κ3) is 5.98. The highest BCUT2D eigenvalue weighted by Gasteiger charge is 2.15. The summed E-state index contributed by atoms with van der Waals surface area (Å²) in [5, 5.41) is 0. The lowest BCUT2D eigenvalue weighted by Gasteiger charge is -2.25. The van der Waals surface area contributed by atoms with E-state index in [1.165, 1.54) is 12.1 Å². The number of benzene rings is 2. The van der Waals surface area contributed by atoms with Crippen LogP contribution in [0.2, 0.25) is 0 Å². The number of anilines is 1.